The summed E-state index contributed by atoms with van der Waals surface area (Å²) in [7, 11) is 0. The number of hydrazine groups is 1. The van der Waals surface area contributed by atoms with E-state index in [1.54, 1.807) is 24.3 Å². The lowest BCUT2D eigenvalue weighted by atomic mass is 10.1. The van der Waals surface area contributed by atoms with Gasteiger partial charge >= 0.3 is 0 Å². The molecular formula is C17H14FN5O3. The summed E-state index contributed by atoms with van der Waals surface area (Å²) in [6, 6.07) is 12.1. The first-order valence-electron chi connectivity index (χ1n) is 7.67. The summed E-state index contributed by atoms with van der Waals surface area (Å²) < 4.78 is 13.7. The van der Waals surface area contributed by atoms with Gasteiger partial charge in [0.15, 0.2) is 0 Å². The summed E-state index contributed by atoms with van der Waals surface area (Å²) >= 11 is 0. The number of aromatic nitrogens is 3. The molecule has 2 aromatic carbocycles. The maximum atomic E-state index is 12.8. The van der Waals surface area contributed by atoms with Crippen LogP contribution in [0, 0.1) is 5.82 Å². The Kier molecular flexibility index (Phi) is 4.97. The second kappa shape index (κ2) is 7.51. The van der Waals surface area contributed by atoms with Gasteiger partial charge in [0.25, 0.3) is 11.5 Å². The van der Waals surface area contributed by atoms with Crippen LogP contribution in [0.5, 0.6) is 0 Å². The monoisotopic (exact) mass is 355 g/mol. The molecule has 0 atom stereocenters. The van der Waals surface area contributed by atoms with E-state index in [1.807, 2.05) is 0 Å². The Morgan fingerprint density at radius 2 is 1.69 bits per heavy atom. The van der Waals surface area contributed by atoms with Crippen LogP contribution in [0.4, 0.5) is 4.39 Å². The van der Waals surface area contributed by atoms with E-state index in [9.17, 15) is 18.8 Å². The highest BCUT2D eigenvalue weighted by Crippen LogP contribution is 2.04. The molecule has 0 spiro atoms. The number of hydrogen-bond acceptors (Lipinski definition) is 5. The fourth-order valence-corrected chi connectivity index (χ4v) is 2.27. The van der Waals surface area contributed by atoms with Crippen LogP contribution in [0.1, 0.15) is 5.56 Å². The van der Waals surface area contributed by atoms with Crippen molar-refractivity contribution in [2.24, 2.45) is 0 Å². The van der Waals surface area contributed by atoms with Crippen LogP contribution in [0.15, 0.2) is 53.3 Å². The van der Waals surface area contributed by atoms with Gasteiger partial charge in [-0.3, -0.25) is 25.2 Å². The van der Waals surface area contributed by atoms with Crippen LogP contribution in [0.3, 0.4) is 0 Å². The molecule has 26 heavy (non-hydrogen) atoms. The van der Waals surface area contributed by atoms with Gasteiger partial charge in [-0.1, -0.05) is 29.5 Å². The summed E-state index contributed by atoms with van der Waals surface area (Å²) in [5.41, 5.74) is 4.99. The highest BCUT2D eigenvalue weighted by molar-refractivity contribution is 5.83. The maximum Gasteiger partial charge on any atom is 0.278 e. The van der Waals surface area contributed by atoms with Crippen molar-refractivity contribution in [1.82, 2.24) is 25.8 Å². The molecule has 1 aromatic heterocycles. The van der Waals surface area contributed by atoms with Gasteiger partial charge in [-0.15, -0.1) is 5.10 Å². The number of hydrogen-bond donors (Lipinski definition) is 2. The largest absolute Gasteiger partial charge is 0.278 e. The van der Waals surface area contributed by atoms with E-state index >= 15 is 0 Å². The van der Waals surface area contributed by atoms with Crippen molar-refractivity contribution >= 4 is 22.7 Å². The molecule has 0 aliphatic heterocycles. The van der Waals surface area contributed by atoms with E-state index in [0.29, 0.717) is 16.5 Å². The van der Waals surface area contributed by atoms with Gasteiger partial charge in [-0.2, -0.15) is 0 Å². The van der Waals surface area contributed by atoms with E-state index in [1.165, 1.54) is 24.3 Å². The Hall–Kier alpha value is -3.62. The molecule has 3 rings (SSSR count). The SMILES string of the molecule is O=C(Cc1ccc(F)cc1)NNC(=O)Cn1nnc2ccccc2c1=O. The Balaban J connectivity index is 1.57. The van der Waals surface area contributed by atoms with E-state index in [4.69, 9.17) is 0 Å². The Morgan fingerprint density at radius 1 is 1.00 bits per heavy atom. The number of nitrogens with zero attached hydrogens (tertiary/aromatic N) is 3. The molecule has 2 amide bonds. The van der Waals surface area contributed by atoms with Crippen molar-refractivity contribution < 1.29 is 14.0 Å². The first kappa shape index (κ1) is 17.2. The molecule has 0 unspecified atom stereocenters. The predicted octanol–water partition coefficient (Wildman–Crippen LogP) is 0.321. The van der Waals surface area contributed by atoms with Crippen LogP contribution >= 0.6 is 0 Å². The number of carbonyl (C=O) groups excluding carboxylic acids is 2. The smallest absolute Gasteiger partial charge is 0.273 e. The molecule has 0 aliphatic carbocycles. The third-order valence-electron chi connectivity index (χ3n) is 3.54. The Bertz CT molecular complexity index is 1020. The molecule has 1 heterocycles. The summed E-state index contributed by atoms with van der Waals surface area (Å²) in [5.74, 6) is -1.52. The highest BCUT2D eigenvalue weighted by Gasteiger charge is 2.10. The minimum absolute atomic E-state index is 0.0315. The Morgan fingerprint density at radius 3 is 2.46 bits per heavy atom. The van der Waals surface area contributed by atoms with Gasteiger partial charge in [0.1, 0.15) is 17.9 Å². The molecule has 9 heteroatoms. The van der Waals surface area contributed by atoms with Crippen LogP contribution < -0.4 is 16.4 Å². The van der Waals surface area contributed by atoms with E-state index in [2.05, 4.69) is 21.2 Å². The number of fused-ring (bicyclic) bond motifs is 1. The van der Waals surface area contributed by atoms with E-state index in [0.717, 1.165) is 4.68 Å². The number of amides is 2. The zero-order valence-electron chi connectivity index (χ0n) is 13.5. The molecule has 0 radical (unpaired) electrons. The second-order valence-electron chi connectivity index (χ2n) is 5.47. The molecule has 0 saturated carbocycles. The standard InChI is InChI=1S/C17H14FN5O3/c18-12-7-5-11(6-8-12)9-15(24)20-21-16(25)10-23-17(26)13-3-1-2-4-14(13)19-22-23/h1-8H,9-10H2,(H,20,24)(H,21,25). The van der Waals surface area contributed by atoms with E-state index in [-0.39, 0.29) is 6.42 Å². The van der Waals surface area contributed by atoms with Gasteiger partial charge in [-0.25, -0.2) is 9.07 Å². The third-order valence-corrected chi connectivity index (χ3v) is 3.54. The summed E-state index contributed by atoms with van der Waals surface area (Å²) in [6.45, 7) is -0.395. The van der Waals surface area contributed by atoms with Crippen molar-refractivity contribution in [2.45, 2.75) is 13.0 Å². The molecule has 132 valence electrons. The second-order valence-corrected chi connectivity index (χ2v) is 5.47. The third kappa shape index (κ3) is 4.07. The maximum absolute atomic E-state index is 12.8. The minimum atomic E-state index is -0.635. The molecule has 0 aliphatic rings. The van der Waals surface area contributed by atoms with Crippen molar-refractivity contribution in [2.75, 3.05) is 0 Å². The average molecular weight is 355 g/mol. The summed E-state index contributed by atoms with van der Waals surface area (Å²) in [6.07, 6.45) is -0.0315. The zero-order chi connectivity index (χ0) is 18.5. The lowest BCUT2D eigenvalue weighted by Gasteiger charge is -2.08. The molecule has 3 aromatic rings. The summed E-state index contributed by atoms with van der Waals surface area (Å²) in [5, 5.41) is 7.91. The molecule has 0 bridgehead atoms. The van der Waals surface area contributed by atoms with Gasteiger partial charge in [-0.05, 0) is 29.8 Å². The van der Waals surface area contributed by atoms with Gasteiger partial charge < -0.3 is 0 Å². The van der Waals surface area contributed by atoms with Crippen molar-refractivity contribution in [1.29, 1.82) is 0 Å². The summed E-state index contributed by atoms with van der Waals surface area (Å²) in [4.78, 5) is 35.9. The molecular weight excluding hydrogens is 341 g/mol. The number of benzene rings is 2. The van der Waals surface area contributed by atoms with Crippen molar-refractivity contribution in [3.8, 4) is 0 Å². The van der Waals surface area contributed by atoms with Crippen LogP contribution in [-0.4, -0.2) is 26.8 Å². The predicted molar refractivity (Wildman–Crippen MR) is 90.2 cm³/mol. The van der Waals surface area contributed by atoms with Gasteiger partial charge in [0.2, 0.25) is 5.91 Å². The quantitative estimate of drug-likeness (QED) is 0.656. The fourth-order valence-electron chi connectivity index (χ4n) is 2.27. The van der Waals surface area contributed by atoms with Crippen molar-refractivity contribution in [3.05, 3.63) is 70.3 Å². The van der Waals surface area contributed by atoms with Crippen LogP contribution in [-0.2, 0) is 22.6 Å². The lowest BCUT2D eigenvalue weighted by Crippen LogP contribution is -2.45. The highest BCUT2D eigenvalue weighted by atomic mass is 19.1. The lowest BCUT2D eigenvalue weighted by molar-refractivity contribution is -0.129. The number of rotatable bonds is 4. The molecule has 8 nitrogen and oxygen atoms in total. The van der Waals surface area contributed by atoms with Crippen molar-refractivity contribution in [3.63, 3.8) is 0 Å². The number of halogens is 1. The first-order chi connectivity index (χ1) is 12.5. The van der Waals surface area contributed by atoms with Gasteiger partial charge in [0.05, 0.1) is 11.8 Å². The Labute approximate surface area is 146 Å². The molecule has 0 fully saturated rings. The number of carbonyl (C=O) groups is 2. The van der Waals surface area contributed by atoms with Gasteiger partial charge in [0, 0.05) is 0 Å². The first-order valence-corrected chi connectivity index (χ1v) is 7.67. The van der Waals surface area contributed by atoms with E-state index < -0.39 is 29.7 Å². The van der Waals surface area contributed by atoms with Crippen LogP contribution in [0.25, 0.3) is 10.9 Å². The molecule has 2 N–H and O–H groups in total. The average Bonchev–Trinajstić information content (AvgIpc) is 2.64. The fraction of sp³-hybridized carbons (Fsp3) is 0.118. The molecule has 0 saturated heterocycles. The number of nitrogens with one attached hydrogen (secondary N) is 2. The van der Waals surface area contributed by atoms with Crippen LogP contribution in [0.2, 0.25) is 0 Å². The topological polar surface area (TPSA) is 106 Å². The minimum Gasteiger partial charge on any atom is -0.273 e. The zero-order valence-corrected chi connectivity index (χ0v) is 13.5. The normalized spacial score (nSPS) is 10.5.